The van der Waals surface area contributed by atoms with E-state index in [0.29, 0.717) is 23.9 Å². The third kappa shape index (κ3) is 3.90. The fourth-order valence-electron chi connectivity index (χ4n) is 1.93. The predicted octanol–water partition coefficient (Wildman–Crippen LogP) is 2.79. The fourth-order valence-corrected chi connectivity index (χ4v) is 2.10. The second-order valence-electron chi connectivity index (χ2n) is 4.57. The molecule has 0 amide bonds. The second kappa shape index (κ2) is 6.65. The number of nitrogen functional groups attached to an aromatic ring is 1. The first-order chi connectivity index (χ1) is 9.58. The van der Waals surface area contributed by atoms with Gasteiger partial charge in [-0.2, -0.15) is 0 Å². The lowest BCUT2D eigenvalue weighted by Crippen LogP contribution is -2.19. The molecule has 6 heteroatoms. The zero-order chi connectivity index (χ0) is 14.5. The molecular formula is C14H16ClFN4. The lowest BCUT2D eigenvalue weighted by atomic mass is 10.2. The predicted molar refractivity (Wildman–Crippen MR) is 78.6 cm³/mol. The van der Waals surface area contributed by atoms with E-state index < -0.39 is 0 Å². The van der Waals surface area contributed by atoms with E-state index in [9.17, 15) is 4.39 Å². The summed E-state index contributed by atoms with van der Waals surface area (Å²) in [7, 11) is 1.92. The Kier molecular flexibility index (Phi) is 4.89. The van der Waals surface area contributed by atoms with Gasteiger partial charge in [0.05, 0.1) is 10.7 Å². The van der Waals surface area contributed by atoms with Gasteiger partial charge in [-0.3, -0.25) is 4.90 Å². The van der Waals surface area contributed by atoms with E-state index in [-0.39, 0.29) is 5.82 Å². The summed E-state index contributed by atoms with van der Waals surface area (Å²) in [5.41, 5.74) is 4.11. The van der Waals surface area contributed by atoms with E-state index in [1.54, 1.807) is 18.2 Å². The number of anilines is 1. The van der Waals surface area contributed by atoms with E-state index in [0.717, 1.165) is 11.3 Å². The Morgan fingerprint density at radius 2 is 2.10 bits per heavy atom. The number of hydrogen-bond donors (Lipinski definition) is 2. The molecule has 2 aromatic rings. The van der Waals surface area contributed by atoms with Gasteiger partial charge in [-0.25, -0.2) is 15.2 Å². The van der Waals surface area contributed by atoms with E-state index in [1.165, 1.54) is 12.1 Å². The molecule has 20 heavy (non-hydrogen) atoms. The Bertz CT molecular complexity index is 591. The van der Waals surface area contributed by atoms with Gasteiger partial charge < -0.3 is 5.43 Å². The van der Waals surface area contributed by atoms with Crippen molar-refractivity contribution in [2.45, 2.75) is 13.1 Å². The third-order valence-corrected chi connectivity index (χ3v) is 3.17. The summed E-state index contributed by atoms with van der Waals surface area (Å²) in [4.78, 5) is 6.31. The van der Waals surface area contributed by atoms with E-state index in [4.69, 9.17) is 17.4 Å². The Morgan fingerprint density at radius 1 is 1.30 bits per heavy atom. The molecule has 0 bridgehead atoms. The minimum absolute atomic E-state index is 0.235. The molecule has 0 radical (unpaired) electrons. The molecule has 0 saturated carbocycles. The molecular weight excluding hydrogens is 279 g/mol. The molecule has 1 aromatic heterocycles. The number of aromatic nitrogens is 1. The van der Waals surface area contributed by atoms with Crippen molar-refractivity contribution in [2.24, 2.45) is 5.84 Å². The quantitative estimate of drug-likeness (QED) is 0.658. The van der Waals surface area contributed by atoms with Gasteiger partial charge in [0.15, 0.2) is 0 Å². The summed E-state index contributed by atoms with van der Waals surface area (Å²) in [6.07, 6.45) is 0. The first kappa shape index (κ1) is 14.7. The van der Waals surface area contributed by atoms with Crippen molar-refractivity contribution >= 4 is 17.4 Å². The largest absolute Gasteiger partial charge is 0.308 e. The molecule has 3 N–H and O–H groups in total. The van der Waals surface area contributed by atoms with Crippen molar-refractivity contribution in [2.75, 3.05) is 12.5 Å². The van der Waals surface area contributed by atoms with Crippen molar-refractivity contribution in [1.82, 2.24) is 9.88 Å². The summed E-state index contributed by atoms with van der Waals surface area (Å²) in [5.74, 6) is 5.65. The number of halogens is 2. The molecule has 106 valence electrons. The van der Waals surface area contributed by atoms with Crippen LogP contribution in [-0.4, -0.2) is 16.9 Å². The van der Waals surface area contributed by atoms with Crippen LogP contribution in [0.4, 0.5) is 10.2 Å². The molecule has 1 heterocycles. The van der Waals surface area contributed by atoms with Crippen molar-refractivity contribution in [3.05, 3.63) is 58.5 Å². The van der Waals surface area contributed by atoms with E-state index in [2.05, 4.69) is 10.4 Å². The first-order valence-electron chi connectivity index (χ1n) is 6.13. The Hall–Kier alpha value is -1.69. The van der Waals surface area contributed by atoms with Crippen molar-refractivity contribution in [3.8, 4) is 0 Å². The average molecular weight is 295 g/mol. The topological polar surface area (TPSA) is 54.2 Å². The second-order valence-corrected chi connectivity index (χ2v) is 4.98. The van der Waals surface area contributed by atoms with Crippen LogP contribution in [-0.2, 0) is 13.1 Å². The molecule has 2 rings (SSSR count). The molecule has 0 atom stereocenters. The van der Waals surface area contributed by atoms with Crippen molar-refractivity contribution in [3.63, 3.8) is 0 Å². The Balaban J connectivity index is 2.06. The van der Waals surface area contributed by atoms with Gasteiger partial charge in [0.25, 0.3) is 0 Å². The highest BCUT2D eigenvalue weighted by Gasteiger charge is 2.08. The van der Waals surface area contributed by atoms with Crippen LogP contribution in [0.15, 0.2) is 36.4 Å². The molecule has 0 unspecified atom stereocenters. The number of nitrogens with one attached hydrogen (secondary N) is 1. The summed E-state index contributed by atoms with van der Waals surface area (Å²) >= 11 is 6.11. The van der Waals surface area contributed by atoms with Crippen LogP contribution >= 0.6 is 11.6 Å². The molecule has 0 spiro atoms. The van der Waals surface area contributed by atoms with Gasteiger partial charge in [0.1, 0.15) is 11.6 Å². The molecule has 0 aliphatic heterocycles. The smallest absolute Gasteiger partial charge is 0.140 e. The number of hydrogen-bond acceptors (Lipinski definition) is 4. The van der Waals surface area contributed by atoms with Gasteiger partial charge in [-0.05, 0) is 36.9 Å². The zero-order valence-electron chi connectivity index (χ0n) is 11.1. The van der Waals surface area contributed by atoms with E-state index >= 15 is 0 Å². The Morgan fingerprint density at radius 3 is 2.80 bits per heavy atom. The maximum absolute atomic E-state index is 13.1. The van der Waals surface area contributed by atoms with Crippen LogP contribution in [0.2, 0.25) is 5.02 Å². The number of nitrogens with two attached hydrogens (primary N) is 1. The normalized spacial score (nSPS) is 10.8. The third-order valence-electron chi connectivity index (χ3n) is 2.83. The highest BCUT2D eigenvalue weighted by molar-refractivity contribution is 6.31. The summed E-state index contributed by atoms with van der Waals surface area (Å²) in [6, 6.07) is 9.98. The number of nitrogens with zero attached hydrogens (tertiary/aromatic N) is 2. The SMILES string of the molecule is CN(Cc1cccc(F)c1)Cc1nc(NN)ccc1Cl. The summed E-state index contributed by atoms with van der Waals surface area (Å²) in [5, 5.41) is 0.579. The maximum Gasteiger partial charge on any atom is 0.140 e. The first-order valence-corrected chi connectivity index (χ1v) is 6.51. The van der Waals surface area contributed by atoms with Crippen LogP contribution < -0.4 is 11.3 Å². The molecule has 1 aromatic carbocycles. The van der Waals surface area contributed by atoms with Gasteiger partial charge in [0, 0.05) is 13.1 Å². The van der Waals surface area contributed by atoms with Crippen LogP contribution in [0, 0.1) is 5.82 Å². The van der Waals surface area contributed by atoms with Gasteiger partial charge in [-0.1, -0.05) is 23.7 Å². The minimum Gasteiger partial charge on any atom is -0.308 e. The lowest BCUT2D eigenvalue weighted by molar-refractivity contribution is 0.315. The Labute approximate surface area is 122 Å². The zero-order valence-corrected chi connectivity index (χ0v) is 11.9. The monoisotopic (exact) mass is 294 g/mol. The van der Waals surface area contributed by atoms with Crippen molar-refractivity contribution < 1.29 is 4.39 Å². The van der Waals surface area contributed by atoms with Gasteiger partial charge >= 0.3 is 0 Å². The average Bonchev–Trinajstić information content (AvgIpc) is 2.41. The molecule has 0 aliphatic carbocycles. The highest BCUT2D eigenvalue weighted by atomic mass is 35.5. The van der Waals surface area contributed by atoms with Crippen LogP contribution in [0.5, 0.6) is 0 Å². The minimum atomic E-state index is -0.235. The molecule has 4 nitrogen and oxygen atoms in total. The lowest BCUT2D eigenvalue weighted by Gasteiger charge is -2.17. The van der Waals surface area contributed by atoms with Crippen LogP contribution in [0.25, 0.3) is 0 Å². The van der Waals surface area contributed by atoms with Crippen LogP contribution in [0.1, 0.15) is 11.3 Å². The number of rotatable bonds is 5. The van der Waals surface area contributed by atoms with Gasteiger partial charge in [0.2, 0.25) is 0 Å². The molecule has 0 saturated heterocycles. The highest BCUT2D eigenvalue weighted by Crippen LogP contribution is 2.18. The summed E-state index contributed by atoms with van der Waals surface area (Å²) < 4.78 is 13.1. The number of hydrazine groups is 1. The number of benzene rings is 1. The van der Waals surface area contributed by atoms with E-state index in [1.807, 2.05) is 18.0 Å². The number of pyridine rings is 1. The standard InChI is InChI=1S/C14H16ClFN4/c1-20(8-10-3-2-4-11(16)7-10)9-13-12(15)5-6-14(18-13)19-17/h2-7H,8-9,17H2,1H3,(H,18,19). The molecule has 0 aliphatic rings. The van der Waals surface area contributed by atoms with Crippen molar-refractivity contribution in [1.29, 1.82) is 0 Å². The van der Waals surface area contributed by atoms with Crippen LogP contribution in [0.3, 0.4) is 0 Å². The fraction of sp³-hybridized carbons (Fsp3) is 0.214. The maximum atomic E-state index is 13.1. The van der Waals surface area contributed by atoms with Gasteiger partial charge in [-0.15, -0.1) is 0 Å². The molecule has 0 fully saturated rings. The summed E-state index contributed by atoms with van der Waals surface area (Å²) in [6.45, 7) is 1.15.